The van der Waals surface area contributed by atoms with Crippen molar-refractivity contribution in [2.45, 2.75) is 64.0 Å². The van der Waals surface area contributed by atoms with E-state index in [2.05, 4.69) is 53.1 Å². The van der Waals surface area contributed by atoms with Crippen LogP contribution in [0.5, 0.6) is 11.5 Å². The number of hydrogen-bond acceptors (Lipinski definition) is 16. The van der Waals surface area contributed by atoms with Gasteiger partial charge in [-0.3, -0.25) is 63.4 Å². The third kappa shape index (κ3) is 30.0. The van der Waals surface area contributed by atoms with E-state index in [0.29, 0.717) is 48.1 Å². The first-order chi connectivity index (χ1) is 41.8. The van der Waals surface area contributed by atoms with Crippen molar-refractivity contribution in [2.75, 3.05) is 118 Å². The number of aromatic hydroxyl groups is 1. The largest absolute Gasteiger partial charge is 0.508 e. The maximum Gasteiger partial charge on any atom is 0.344 e. The maximum absolute atomic E-state index is 14.4. The fourth-order valence-corrected chi connectivity index (χ4v) is 8.79. The molecule has 0 aromatic heterocycles. The van der Waals surface area contributed by atoms with Crippen LogP contribution in [0.4, 0.5) is 9.59 Å². The van der Waals surface area contributed by atoms with Crippen LogP contribution in [0.1, 0.15) is 68.1 Å². The Bertz CT molecular complexity index is 2710. The number of aliphatic imine (C=N–C) groups is 1. The van der Waals surface area contributed by atoms with E-state index in [-0.39, 0.29) is 155 Å². The fraction of sp³-hybridized carbons (Fsp3) is 0.491. The molecule has 0 spiro atoms. The van der Waals surface area contributed by atoms with Gasteiger partial charge in [0, 0.05) is 104 Å². The molecule has 1 heterocycles. The number of benzene rings is 3. The number of hydrazine groups is 1. The van der Waals surface area contributed by atoms with Gasteiger partial charge in [-0.2, -0.15) is 4.99 Å². The number of guanidine groups is 1. The van der Waals surface area contributed by atoms with E-state index >= 15 is 0 Å². The van der Waals surface area contributed by atoms with E-state index in [1.807, 2.05) is 6.07 Å². The highest BCUT2D eigenvalue weighted by Crippen LogP contribution is 2.28. The number of carboxylic acids is 3. The van der Waals surface area contributed by atoms with Gasteiger partial charge in [-0.05, 0) is 66.6 Å². The molecule has 476 valence electrons. The predicted octanol–water partition coefficient (Wildman–Crippen LogP) is -1.28. The Kier molecular flexibility index (Phi) is 31.9. The monoisotopic (exact) mass is 1220 g/mol. The summed E-state index contributed by atoms with van der Waals surface area (Å²) in [5.41, 5.74) is 12.4. The molecule has 3 aromatic carbocycles. The molecule has 1 aliphatic heterocycles. The van der Waals surface area contributed by atoms with E-state index in [1.165, 1.54) is 12.1 Å². The Hall–Kier alpha value is -9.13. The van der Waals surface area contributed by atoms with Gasteiger partial charge in [0.05, 0.1) is 38.7 Å². The van der Waals surface area contributed by atoms with E-state index in [1.54, 1.807) is 87.2 Å². The summed E-state index contributed by atoms with van der Waals surface area (Å²) in [5.74, 6) is -5.86. The van der Waals surface area contributed by atoms with Crippen molar-refractivity contribution in [3.05, 3.63) is 95.6 Å². The van der Waals surface area contributed by atoms with Crippen molar-refractivity contribution >= 4 is 65.5 Å². The Morgan fingerprint density at radius 1 is 0.563 bits per heavy atom. The number of ether oxygens (including phenoxy) is 1. The van der Waals surface area contributed by atoms with Gasteiger partial charge < -0.3 is 68.1 Å². The van der Waals surface area contributed by atoms with Crippen molar-refractivity contribution in [3.8, 4) is 11.5 Å². The summed E-state index contributed by atoms with van der Waals surface area (Å²) in [4.78, 5) is 135. The molecule has 30 heteroatoms. The van der Waals surface area contributed by atoms with Gasteiger partial charge in [-0.1, -0.05) is 61.5 Å². The van der Waals surface area contributed by atoms with Gasteiger partial charge in [-0.25, -0.2) is 15.0 Å². The first-order valence-corrected chi connectivity index (χ1v) is 28.7. The molecule has 0 saturated carbocycles. The molecule has 1 aliphatic rings. The van der Waals surface area contributed by atoms with Crippen LogP contribution in [0.2, 0.25) is 0 Å². The fourth-order valence-electron chi connectivity index (χ4n) is 8.79. The van der Waals surface area contributed by atoms with Crippen molar-refractivity contribution in [2.24, 2.45) is 10.7 Å². The van der Waals surface area contributed by atoms with Gasteiger partial charge >= 0.3 is 30.0 Å². The molecule has 4 rings (SSSR count). The lowest BCUT2D eigenvalue weighted by atomic mass is 9.90. The van der Waals surface area contributed by atoms with Crippen molar-refractivity contribution in [1.82, 2.24) is 67.7 Å². The summed E-state index contributed by atoms with van der Waals surface area (Å²) >= 11 is 0. The highest BCUT2D eigenvalue weighted by atomic mass is 16.5. The molecular formula is C57H83N15O15. The maximum atomic E-state index is 14.4. The third-order valence-electron chi connectivity index (χ3n) is 13.4. The molecule has 0 unspecified atom stereocenters. The molecule has 3 aromatic rings. The Morgan fingerprint density at radius 2 is 1.13 bits per heavy atom. The molecular weight excluding hydrogens is 1130 g/mol. The number of nitrogens with zero attached hydrogens (tertiary/aromatic N) is 5. The lowest BCUT2D eigenvalue weighted by Crippen LogP contribution is -2.50. The number of phenols is 1. The van der Waals surface area contributed by atoms with Gasteiger partial charge in [0.25, 0.3) is 0 Å². The molecule has 0 bridgehead atoms. The zero-order valence-electron chi connectivity index (χ0n) is 48.9. The van der Waals surface area contributed by atoms with E-state index in [0.717, 1.165) is 0 Å². The van der Waals surface area contributed by atoms with Crippen LogP contribution in [0.25, 0.3) is 0 Å². The summed E-state index contributed by atoms with van der Waals surface area (Å²) < 4.78 is 6.06. The molecule has 1 saturated heterocycles. The average molecular weight is 1220 g/mol. The smallest absolute Gasteiger partial charge is 0.344 e. The van der Waals surface area contributed by atoms with Crippen LogP contribution in [-0.2, 0) is 44.9 Å². The molecule has 87 heavy (non-hydrogen) atoms. The lowest BCUT2D eigenvalue weighted by molar-refractivity contribution is -0.140. The summed E-state index contributed by atoms with van der Waals surface area (Å²) in [7, 11) is 0. The number of phenolic OH excluding ortho intramolecular Hbond substituents is 1. The second-order valence-corrected chi connectivity index (χ2v) is 20.2. The van der Waals surface area contributed by atoms with Crippen LogP contribution in [0, 0.1) is 0 Å². The summed E-state index contributed by atoms with van der Waals surface area (Å²) in [6, 6.07) is 19.9. The second-order valence-electron chi connectivity index (χ2n) is 20.2. The molecule has 0 radical (unpaired) electrons. The molecule has 2 atom stereocenters. The molecule has 30 nitrogen and oxygen atoms in total. The Morgan fingerprint density at radius 3 is 1.72 bits per heavy atom. The minimum absolute atomic E-state index is 0.0648. The predicted molar refractivity (Wildman–Crippen MR) is 318 cm³/mol. The number of nitrogens with one attached hydrogen (secondary N) is 9. The van der Waals surface area contributed by atoms with Gasteiger partial charge in [0.15, 0.2) is 5.96 Å². The number of hydrogen-bond donors (Lipinski definition) is 14. The standard InChI is InChI=1S/C57H83N15O15/c1-2-46(74)60-23-24-63-56(85)66-55(58)61-21-9-14-45(53(83)64-35-40-15-17-43(73)18-16-40)65-54(84)52(41-10-4-3-5-11-41)42-12-8-13-44(34-42)87-33-7-6-20-62-57(86)68-67-47(75)19-22-59-48(76)36-69-25-27-70(37-49(77)78)29-31-72(39-51(81)82)32-30-71(28-26-69)38-50(79)80/h3-5,8,10-13,15-18,34,45,52,73H,2,6-7,9,14,19-33,35-39H2,1H3,(H,59,76)(H,60,74)(H,64,83)(H,65,84)(H,67,75)(H,77,78)(H,79,80)(H,81,82)(H2,62,68,86)(H4,58,61,63,66,85)/t45-,52+/m1/s1. The van der Waals surface area contributed by atoms with Gasteiger partial charge in [0.2, 0.25) is 29.5 Å². The number of nitrogens with two attached hydrogens (primary N) is 1. The lowest BCUT2D eigenvalue weighted by Gasteiger charge is -2.32. The number of aliphatic carboxylic acids is 3. The number of rotatable bonds is 32. The number of amides is 9. The minimum Gasteiger partial charge on any atom is -0.508 e. The van der Waals surface area contributed by atoms with Crippen LogP contribution >= 0.6 is 0 Å². The normalized spacial score (nSPS) is 14.5. The van der Waals surface area contributed by atoms with Crippen molar-refractivity contribution in [3.63, 3.8) is 0 Å². The zero-order valence-corrected chi connectivity index (χ0v) is 48.9. The van der Waals surface area contributed by atoms with Crippen LogP contribution in [-0.4, -0.2) is 229 Å². The first kappa shape index (κ1) is 70.4. The third-order valence-corrected chi connectivity index (χ3v) is 13.4. The van der Waals surface area contributed by atoms with Crippen LogP contribution in [0.3, 0.4) is 0 Å². The Balaban J connectivity index is 1.23. The van der Waals surface area contributed by atoms with E-state index in [4.69, 9.17) is 10.5 Å². The van der Waals surface area contributed by atoms with E-state index < -0.39 is 65.6 Å². The molecule has 15 N–H and O–H groups in total. The quantitative estimate of drug-likeness (QED) is 0.0150. The number of carbonyl (C=O) groups excluding carboxylic acids is 7. The van der Waals surface area contributed by atoms with Gasteiger partial charge in [0.1, 0.15) is 17.5 Å². The van der Waals surface area contributed by atoms with Crippen molar-refractivity contribution in [1.29, 1.82) is 0 Å². The van der Waals surface area contributed by atoms with E-state index in [9.17, 15) is 68.4 Å². The Labute approximate surface area is 504 Å². The van der Waals surface area contributed by atoms with Crippen molar-refractivity contribution < 1.29 is 73.1 Å². The average Bonchev–Trinajstić information content (AvgIpc) is 2.09. The summed E-state index contributed by atoms with van der Waals surface area (Å²) in [5, 5.41) is 57.2. The topological polar surface area (TPSA) is 420 Å². The first-order valence-electron chi connectivity index (χ1n) is 28.7. The molecule has 9 amide bonds. The van der Waals surface area contributed by atoms with Gasteiger partial charge in [-0.15, -0.1) is 0 Å². The molecule has 1 fully saturated rings. The summed E-state index contributed by atoms with van der Waals surface area (Å²) in [6.07, 6.45) is 1.58. The zero-order chi connectivity index (χ0) is 63.3. The molecule has 0 aliphatic carbocycles. The van der Waals surface area contributed by atoms with Crippen LogP contribution in [0.15, 0.2) is 83.9 Å². The van der Waals surface area contributed by atoms with Crippen LogP contribution < -0.4 is 58.5 Å². The number of unbranched alkanes of at least 4 members (excludes halogenated alkanes) is 1. The summed E-state index contributed by atoms with van der Waals surface area (Å²) in [6.45, 7) is 3.57. The minimum atomic E-state index is -1.07. The SMILES string of the molecule is CCC(=O)NCCNC(=O)/N=C(/N)NCCC[C@@H](NC(=O)[C@@H](c1ccccc1)c1cccc(OCCCCNC(=O)NNC(=O)CCNC(=O)CN2CCN(CC(=O)O)CCN(CC(=O)O)CCN(CC(=O)O)CC2)c1)C(=O)NCc1ccc(O)cc1. The number of carbonyl (C=O) groups is 10. The second kappa shape index (κ2) is 39.5. The number of carboxylic acid groups (broad SMARTS) is 3. The highest BCUT2D eigenvalue weighted by Gasteiger charge is 2.29. The highest BCUT2D eigenvalue weighted by molar-refractivity contribution is 5.93. The number of urea groups is 2.